The van der Waals surface area contributed by atoms with Crippen molar-refractivity contribution in [3.8, 4) is 6.07 Å². The predicted octanol–water partition coefficient (Wildman–Crippen LogP) is 2.66. The number of anilines is 1. The number of hydrogen-bond acceptors (Lipinski definition) is 2. The molecule has 1 aromatic heterocycles. The highest BCUT2D eigenvalue weighted by Gasteiger charge is 2.16. The number of carbonyl (C=O) groups is 1. The van der Waals surface area contributed by atoms with E-state index in [1.54, 1.807) is 6.20 Å². The summed E-state index contributed by atoms with van der Waals surface area (Å²) in [6, 6.07) is 9.69. The Hall–Kier alpha value is -2.28. The molecule has 0 radical (unpaired) electrons. The summed E-state index contributed by atoms with van der Waals surface area (Å²) in [6.07, 6.45) is 2.26. The van der Waals surface area contributed by atoms with Crippen LogP contribution in [0.15, 0.2) is 30.5 Å². The molecule has 2 N–H and O–H groups in total. The summed E-state index contributed by atoms with van der Waals surface area (Å²) >= 11 is 0. The van der Waals surface area contributed by atoms with Gasteiger partial charge in [0.05, 0.1) is 11.8 Å². The molecule has 4 nitrogen and oxygen atoms in total. The number of nitriles is 1. The minimum absolute atomic E-state index is 0.250. The van der Waals surface area contributed by atoms with Crippen molar-refractivity contribution in [1.29, 1.82) is 5.26 Å². The molecule has 1 aromatic carbocycles. The maximum Gasteiger partial charge on any atom is 0.241 e. The largest absolute Gasteiger partial charge is 0.359 e. The average molecular weight is 227 g/mol. The van der Waals surface area contributed by atoms with Crippen molar-refractivity contribution >= 4 is 22.5 Å². The first-order valence-corrected chi connectivity index (χ1v) is 5.53. The Bertz CT molecular complexity index is 580. The number of carbonyl (C=O) groups excluding carboxylic acids is 1. The molecule has 0 saturated heterocycles. The second-order valence-corrected chi connectivity index (χ2v) is 3.83. The Morgan fingerprint density at radius 1 is 1.53 bits per heavy atom. The lowest BCUT2D eigenvalue weighted by Crippen LogP contribution is -2.20. The van der Waals surface area contributed by atoms with E-state index in [9.17, 15) is 4.79 Å². The summed E-state index contributed by atoms with van der Waals surface area (Å²) in [5.74, 6) is -0.844. The van der Waals surface area contributed by atoms with Gasteiger partial charge >= 0.3 is 0 Å². The van der Waals surface area contributed by atoms with E-state index in [4.69, 9.17) is 5.26 Å². The number of aromatic amines is 1. The lowest BCUT2D eigenvalue weighted by molar-refractivity contribution is -0.118. The third-order valence-electron chi connectivity index (χ3n) is 2.73. The van der Waals surface area contributed by atoms with Crippen LogP contribution in [0, 0.1) is 17.2 Å². The Morgan fingerprint density at radius 2 is 2.29 bits per heavy atom. The summed E-state index contributed by atoms with van der Waals surface area (Å²) in [7, 11) is 0. The zero-order valence-corrected chi connectivity index (χ0v) is 9.53. The number of H-pyrrole nitrogens is 1. The molecule has 0 aliphatic heterocycles. The van der Waals surface area contributed by atoms with Crippen LogP contribution in [0.5, 0.6) is 0 Å². The normalized spacial score (nSPS) is 12.0. The second kappa shape index (κ2) is 4.71. The number of hydrogen-bond donors (Lipinski definition) is 2. The van der Waals surface area contributed by atoms with Crippen LogP contribution in [-0.2, 0) is 4.79 Å². The van der Waals surface area contributed by atoms with Crippen LogP contribution in [0.25, 0.3) is 10.9 Å². The highest BCUT2D eigenvalue weighted by molar-refractivity contribution is 6.02. The monoisotopic (exact) mass is 227 g/mol. The van der Waals surface area contributed by atoms with Crippen LogP contribution in [0.1, 0.15) is 13.3 Å². The topological polar surface area (TPSA) is 68.7 Å². The molecule has 1 amide bonds. The zero-order chi connectivity index (χ0) is 12.3. The van der Waals surface area contributed by atoms with E-state index in [1.807, 2.05) is 37.3 Å². The molecule has 2 aromatic rings. The first-order chi connectivity index (χ1) is 8.26. The van der Waals surface area contributed by atoms with Crippen molar-refractivity contribution in [2.24, 2.45) is 5.92 Å². The van der Waals surface area contributed by atoms with Gasteiger partial charge in [-0.3, -0.25) is 4.79 Å². The molecule has 2 rings (SSSR count). The maximum absolute atomic E-state index is 11.8. The molecule has 1 unspecified atom stereocenters. The van der Waals surface area contributed by atoms with E-state index in [2.05, 4.69) is 10.3 Å². The molecule has 0 aliphatic rings. The van der Waals surface area contributed by atoms with Gasteiger partial charge in [0.2, 0.25) is 5.91 Å². The number of rotatable bonds is 3. The van der Waals surface area contributed by atoms with Crippen molar-refractivity contribution in [2.75, 3.05) is 5.32 Å². The fourth-order valence-electron chi connectivity index (χ4n) is 1.73. The van der Waals surface area contributed by atoms with Gasteiger partial charge < -0.3 is 10.3 Å². The van der Waals surface area contributed by atoms with Crippen molar-refractivity contribution in [2.45, 2.75) is 13.3 Å². The smallest absolute Gasteiger partial charge is 0.241 e. The molecule has 4 heteroatoms. The standard InChI is InChI=1S/C13H13N3O/c1-2-9(7-14)13(17)16-12-8-15-11-6-4-3-5-10(11)12/h3-6,8-9,15H,2H2,1H3,(H,16,17). The minimum atomic E-state index is -0.594. The van der Waals surface area contributed by atoms with Crippen molar-refractivity contribution < 1.29 is 4.79 Å². The quantitative estimate of drug-likeness (QED) is 0.846. The zero-order valence-electron chi connectivity index (χ0n) is 9.53. The number of nitrogens with one attached hydrogen (secondary N) is 2. The number of fused-ring (bicyclic) bond motifs is 1. The van der Waals surface area contributed by atoms with Crippen LogP contribution in [0.3, 0.4) is 0 Å². The van der Waals surface area contributed by atoms with E-state index in [-0.39, 0.29) is 5.91 Å². The highest BCUT2D eigenvalue weighted by atomic mass is 16.1. The molecular weight excluding hydrogens is 214 g/mol. The van der Waals surface area contributed by atoms with E-state index >= 15 is 0 Å². The van der Waals surface area contributed by atoms with E-state index in [1.165, 1.54) is 0 Å². The predicted molar refractivity (Wildman–Crippen MR) is 66.3 cm³/mol. The van der Waals surface area contributed by atoms with E-state index in [0.717, 1.165) is 16.6 Å². The van der Waals surface area contributed by atoms with Gasteiger partial charge in [0.25, 0.3) is 0 Å². The SMILES string of the molecule is CCC(C#N)C(=O)Nc1c[nH]c2ccccc12. The van der Waals surface area contributed by atoms with Crippen LogP contribution < -0.4 is 5.32 Å². The molecule has 0 fully saturated rings. The molecule has 86 valence electrons. The third kappa shape index (κ3) is 2.13. The number of nitrogens with zero attached hydrogens (tertiary/aromatic N) is 1. The number of amides is 1. The average Bonchev–Trinajstić information content (AvgIpc) is 2.74. The summed E-state index contributed by atoms with van der Waals surface area (Å²) in [5.41, 5.74) is 1.69. The van der Waals surface area contributed by atoms with Gasteiger partial charge in [-0.2, -0.15) is 5.26 Å². The van der Waals surface area contributed by atoms with Crippen LogP contribution in [0.2, 0.25) is 0 Å². The Kier molecular flexibility index (Phi) is 3.10. The Morgan fingerprint density at radius 3 is 3.00 bits per heavy atom. The van der Waals surface area contributed by atoms with Gasteiger partial charge in [-0.05, 0) is 12.5 Å². The molecule has 0 saturated carbocycles. The lowest BCUT2D eigenvalue weighted by Gasteiger charge is -2.06. The number of para-hydroxylation sites is 1. The fourth-order valence-corrected chi connectivity index (χ4v) is 1.73. The fraction of sp³-hybridized carbons (Fsp3) is 0.231. The Balaban J connectivity index is 2.25. The van der Waals surface area contributed by atoms with Gasteiger partial charge in [-0.1, -0.05) is 25.1 Å². The maximum atomic E-state index is 11.8. The van der Waals surface area contributed by atoms with Crippen LogP contribution >= 0.6 is 0 Å². The second-order valence-electron chi connectivity index (χ2n) is 3.83. The molecular formula is C13H13N3O. The van der Waals surface area contributed by atoms with Gasteiger partial charge in [0.1, 0.15) is 5.92 Å². The molecule has 1 atom stereocenters. The number of aromatic nitrogens is 1. The van der Waals surface area contributed by atoms with Gasteiger partial charge in [-0.25, -0.2) is 0 Å². The lowest BCUT2D eigenvalue weighted by atomic mass is 10.1. The highest BCUT2D eigenvalue weighted by Crippen LogP contribution is 2.23. The van der Waals surface area contributed by atoms with Gasteiger partial charge in [-0.15, -0.1) is 0 Å². The summed E-state index contributed by atoms with van der Waals surface area (Å²) in [6.45, 7) is 1.82. The first-order valence-electron chi connectivity index (χ1n) is 5.53. The van der Waals surface area contributed by atoms with Crippen molar-refractivity contribution in [1.82, 2.24) is 4.98 Å². The van der Waals surface area contributed by atoms with Crippen molar-refractivity contribution in [3.63, 3.8) is 0 Å². The third-order valence-corrected chi connectivity index (χ3v) is 2.73. The van der Waals surface area contributed by atoms with Crippen LogP contribution in [-0.4, -0.2) is 10.9 Å². The molecule has 0 bridgehead atoms. The Labute approximate surface area is 99.3 Å². The summed E-state index contributed by atoms with van der Waals surface area (Å²) < 4.78 is 0. The van der Waals surface area contributed by atoms with Crippen molar-refractivity contribution in [3.05, 3.63) is 30.5 Å². The number of benzene rings is 1. The molecule has 0 spiro atoms. The molecule has 0 aliphatic carbocycles. The summed E-state index contributed by atoms with van der Waals surface area (Å²) in [5, 5.41) is 12.5. The summed E-state index contributed by atoms with van der Waals surface area (Å²) in [4.78, 5) is 14.8. The van der Waals surface area contributed by atoms with Gasteiger partial charge in [0, 0.05) is 17.1 Å². The molecule has 17 heavy (non-hydrogen) atoms. The van der Waals surface area contributed by atoms with Crippen LogP contribution in [0.4, 0.5) is 5.69 Å². The molecule has 1 heterocycles. The van der Waals surface area contributed by atoms with Gasteiger partial charge in [0.15, 0.2) is 0 Å². The van der Waals surface area contributed by atoms with E-state index in [0.29, 0.717) is 6.42 Å². The first kappa shape index (κ1) is 11.2. The van der Waals surface area contributed by atoms with E-state index < -0.39 is 5.92 Å². The minimum Gasteiger partial charge on any atom is -0.359 e.